The van der Waals surface area contributed by atoms with Gasteiger partial charge in [-0.15, -0.1) is 24.0 Å². The molecule has 0 atom stereocenters. The molecule has 0 aliphatic heterocycles. The lowest BCUT2D eigenvalue weighted by atomic mass is 10.2. The van der Waals surface area contributed by atoms with E-state index in [-0.39, 0.29) is 30.1 Å². The lowest BCUT2D eigenvalue weighted by Gasteiger charge is -2.27. The molecule has 0 saturated carbocycles. The average Bonchev–Trinajstić information content (AvgIpc) is 2.50. The average molecular weight is 488 g/mol. The first-order valence-electron chi connectivity index (χ1n) is 8.75. The Morgan fingerprint density at radius 3 is 2.32 bits per heavy atom. The van der Waals surface area contributed by atoms with Crippen molar-refractivity contribution in [1.29, 1.82) is 0 Å². The number of amides is 1. The van der Waals surface area contributed by atoms with E-state index in [0.717, 1.165) is 25.3 Å². The third-order valence-corrected chi connectivity index (χ3v) is 3.81. The van der Waals surface area contributed by atoms with E-state index in [1.54, 1.807) is 11.9 Å². The standard InChI is InChI=1S/C17H36N4O2S.HI/c1-7-12-21(16(22)23-17(2,3)4)13-11-20-15(18-5)19-10-8-9-14-24-6;/h7-14H2,1-6H3,(H2,18,19,20);1H. The predicted octanol–water partition coefficient (Wildman–Crippen LogP) is 3.56. The van der Waals surface area contributed by atoms with Crippen molar-refractivity contribution >= 4 is 47.8 Å². The Balaban J connectivity index is 0. The molecular formula is C17H37IN4O2S. The summed E-state index contributed by atoms with van der Waals surface area (Å²) >= 11 is 1.87. The highest BCUT2D eigenvalue weighted by Crippen LogP contribution is 2.10. The van der Waals surface area contributed by atoms with Crippen LogP contribution >= 0.6 is 35.7 Å². The zero-order valence-corrected chi connectivity index (χ0v) is 19.8. The highest BCUT2D eigenvalue weighted by Gasteiger charge is 2.21. The van der Waals surface area contributed by atoms with Gasteiger partial charge in [0.15, 0.2) is 5.96 Å². The van der Waals surface area contributed by atoms with Crippen LogP contribution in [0, 0.1) is 0 Å². The number of ether oxygens (including phenoxy) is 1. The van der Waals surface area contributed by atoms with Crippen LogP contribution in [-0.2, 0) is 4.74 Å². The number of guanidine groups is 1. The molecule has 8 heteroatoms. The Hall–Kier alpha value is -0.380. The third kappa shape index (κ3) is 15.6. The number of unbranched alkanes of at least 4 members (excludes halogenated alkanes) is 1. The molecule has 0 heterocycles. The normalized spacial score (nSPS) is 11.5. The molecule has 6 nitrogen and oxygen atoms in total. The van der Waals surface area contributed by atoms with Crippen LogP contribution in [0.25, 0.3) is 0 Å². The van der Waals surface area contributed by atoms with Crippen molar-refractivity contribution in [3.8, 4) is 0 Å². The SMILES string of the molecule is CCCN(CCNC(=NC)NCCCCSC)C(=O)OC(C)(C)C.I. The molecule has 0 fully saturated rings. The second kappa shape index (κ2) is 15.8. The summed E-state index contributed by atoms with van der Waals surface area (Å²) in [6.45, 7) is 10.5. The van der Waals surface area contributed by atoms with Crippen LogP contribution in [0.3, 0.4) is 0 Å². The molecule has 0 spiro atoms. The highest BCUT2D eigenvalue weighted by molar-refractivity contribution is 14.0. The van der Waals surface area contributed by atoms with E-state index in [2.05, 4.69) is 28.8 Å². The van der Waals surface area contributed by atoms with Gasteiger partial charge in [0, 0.05) is 33.2 Å². The molecule has 0 bridgehead atoms. The number of nitrogens with one attached hydrogen (secondary N) is 2. The maximum atomic E-state index is 12.2. The van der Waals surface area contributed by atoms with Crippen molar-refractivity contribution in [3.63, 3.8) is 0 Å². The summed E-state index contributed by atoms with van der Waals surface area (Å²) in [5, 5.41) is 6.55. The van der Waals surface area contributed by atoms with Crippen molar-refractivity contribution in [1.82, 2.24) is 15.5 Å². The predicted molar refractivity (Wildman–Crippen MR) is 120 cm³/mol. The number of carbonyl (C=O) groups excluding carboxylic acids is 1. The molecule has 0 aromatic carbocycles. The van der Waals surface area contributed by atoms with E-state index in [4.69, 9.17) is 4.74 Å². The Bertz CT molecular complexity index is 376. The Kier molecular flexibility index (Phi) is 17.0. The summed E-state index contributed by atoms with van der Waals surface area (Å²) in [4.78, 5) is 18.1. The smallest absolute Gasteiger partial charge is 0.410 e. The number of thioether (sulfide) groups is 1. The van der Waals surface area contributed by atoms with Crippen LogP contribution in [0.5, 0.6) is 0 Å². The maximum Gasteiger partial charge on any atom is 0.410 e. The van der Waals surface area contributed by atoms with Gasteiger partial charge in [-0.2, -0.15) is 11.8 Å². The molecule has 25 heavy (non-hydrogen) atoms. The molecule has 0 unspecified atom stereocenters. The zero-order valence-electron chi connectivity index (χ0n) is 16.7. The van der Waals surface area contributed by atoms with Gasteiger partial charge in [-0.05, 0) is 52.0 Å². The molecule has 0 aromatic rings. The quantitative estimate of drug-likeness (QED) is 0.213. The third-order valence-electron chi connectivity index (χ3n) is 3.11. The summed E-state index contributed by atoms with van der Waals surface area (Å²) < 4.78 is 5.45. The van der Waals surface area contributed by atoms with Crippen LogP contribution in [-0.4, -0.2) is 67.8 Å². The number of carbonyl (C=O) groups is 1. The molecule has 2 N–H and O–H groups in total. The minimum absolute atomic E-state index is 0. The van der Waals surface area contributed by atoms with Gasteiger partial charge in [0.1, 0.15) is 5.60 Å². The van der Waals surface area contributed by atoms with Crippen molar-refractivity contribution in [2.45, 2.75) is 52.6 Å². The molecule has 0 rings (SSSR count). The second-order valence-corrected chi connectivity index (χ2v) is 7.58. The van der Waals surface area contributed by atoms with Gasteiger partial charge in [-0.3, -0.25) is 4.99 Å². The molecule has 0 aliphatic carbocycles. The summed E-state index contributed by atoms with van der Waals surface area (Å²) in [6.07, 6.45) is 5.10. The van der Waals surface area contributed by atoms with Crippen LogP contribution in [0.15, 0.2) is 4.99 Å². The summed E-state index contributed by atoms with van der Waals surface area (Å²) in [6, 6.07) is 0. The maximum absolute atomic E-state index is 12.2. The fourth-order valence-electron chi connectivity index (χ4n) is 2.00. The number of hydrogen-bond acceptors (Lipinski definition) is 4. The molecule has 1 amide bonds. The van der Waals surface area contributed by atoms with Gasteiger partial charge in [-0.25, -0.2) is 4.79 Å². The number of halogens is 1. The minimum Gasteiger partial charge on any atom is -0.444 e. The monoisotopic (exact) mass is 488 g/mol. The number of hydrogen-bond donors (Lipinski definition) is 2. The lowest BCUT2D eigenvalue weighted by molar-refractivity contribution is 0.0253. The number of nitrogens with zero attached hydrogens (tertiary/aromatic N) is 2. The van der Waals surface area contributed by atoms with Crippen molar-refractivity contribution in [2.75, 3.05) is 45.2 Å². The van der Waals surface area contributed by atoms with E-state index in [9.17, 15) is 4.79 Å². The Labute approximate surface area is 175 Å². The Morgan fingerprint density at radius 2 is 1.80 bits per heavy atom. The molecule has 0 aromatic heterocycles. The van der Waals surface area contributed by atoms with E-state index in [1.807, 2.05) is 32.5 Å². The molecule has 150 valence electrons. The molecule has 0 radical (unpaired) electrons. The molecule has 0 saturated heterocycles. The summed E-state index contributed by atoms with van der Waals surface area (Å²) in [7, 11) is 1.76. The fraction of sp³-hybridized carbons (Fsp3) is 0.882. The first-order chi connectivity index (χ1) is 11.3. The first kappa shape index (κ1) is 26.8. The van der Waals surface area contributed by atoms with Crippen LogP contribution in [0.1, 0.15) is 47.0 Å². The summed E-state index contributed by atoms with van der Waals surface area (Å²) in [5.74, 6) is 1.97. The second-order valence-electron chi connectivity index (χ2n) is 6.59. The van der Waals surface area contributed by atoms with Crippen molar-refractivity contribution < 1.29 is 9.53 Å². The van der Waals surface area contributed by atoms with E-state index in [0.29, 0.717) is 19.6 Å². The summed E-state index contributed by atoms with van der Waals surface area (Å²) in [5.41, 5.74) is -0.467. The van der Waals surface area contributed by atoms with Crippen LogP contribution in [0.2, 0.25) is 0 Å². The Morgan fingerprint density at radius 1 is 1.16 bits per heavy atom. The van der Waals surface area contributed by atoms with E-state index in [1.165, 1.54) is 12.2 Å². The largest absolute Gasteiger partial charge is 0.444 e. The first-order valence-corrected chi connectivity index (χ1v) is 10.1. The number of rotatable bonds is 10. The van der Waals surface area contributed by atoms with Crippen LogP contribution < -0.4 is 10.6 Å². The highest BCUT2D eigenvalue weighted by atomic mass is 127. The minimum atomic E-state index is -0.467. The molecule has 0 aliphatic rings. The lowest BCUT2D eigenvalue weighted by Crippen LogP contribution is -2.44. The van der Waals surface area contributed by atoms with Crippen molar-refractivity contribution in [2.24, 2.45) is 4.99 Å². The number of aliphatic imine (C=N–C) groups is 1. The van der Waals surface area contributed by atoms with E-state index >= 15 is 0 Å². The van der Waals surface area contributed by atoms with Gasteiger partial charge in [-0.1, -0.05) is 6.92 Å². The van der Waals surface area contributed by atoms with Gasteiger partial charge < -0.3 is 20.3 Å². The topological polar surface area (TPSA) is 66.0 Å². The molecular weight excluding hydrogens is 451 g/mol. The van der Waals surface area contributed by atoms with E-state index < -0.39 is 5.60 Å². The van der Waals surface area contributed by atoms with Gasteiger partial charge in [0.2, 0.25) is 0 Å². The zero-order chi connectivity index (χ0) is 18.4. The van der Waals surface area contributed by atoms with Crippen LogP contribution in [0.4, 0.5) is 4.79 Å². The van der Waals surface area contributed by atoms with Gasteiger partial charge >= 0.3 is 6.09 Å². The van der Waals surface area contributed by atoms with Crippen molar-refractivity contribution in [3.05, 3.63) is 0 Å². The fourth-order valence-corrected chi connectivity index (χ4v) is 2.49. The van der Waals surface area contributed by atoms with Gasteiger partial charge in [0.05, 0.1) is 0 Å². The van der Waals surface area contributed by atoms with Gasteiger partial charge in [0.25, 0.3) is 0 Å².